The second kappa shape index (κ2) is 7.63. The molecule has 22 heavy (non-hydrogen) atoms. The lowest BCUT2D eigenvalue weighted by molar-refractivity contribution is 0.0132. The van der Waals surface area contributed by atoms with Crippen LogP contribution in [0.1, 0.15) is 39.2 Å². The van der Waals surface area contributed by atoms with Crippen LogP contribution in [0.5, 0.6) is 0 Å². The molecule has 1 saturated heterocycles. The molecule has 1 aliphatic heterocycles. The second-order valence-corrected chi connectivity index (χ2v) is 6.89. The molecule has 0 saturated carbocycles. The number of carbonyl (C=O) groups excluding carboxylic acids is 1. The van der Waals surface area contributed by atoms with E-state index in [0.29, 0.717) is 6.54 Å². The lowest BCUT2D eigenvalue weighted by Gasteiger charge is -2.36. The van der Waals surface area contributed by atoms with Crippen molar-refractivity contribution in [2.75, 3.05) is 19.6 Å². The Hall–Kier alpha value is -1.55. The minimum absolute atomic E-state index is 0.185. The van der Waals surface area contributed by atoms with Crippen LogP contribution in [0, 0.1) is 0 Å². The van der Waals surface area contributed by atoms with Gasteiger partial charge in [-0.3, -0.25) is 0 Å². The fourth-order valence-corrected chi connectivity index (χ4v) is 2.76. The van der Waals surface area contributed by atoms with Gasteiger partial charge in [-0.2, -0.15) is 0 Å². The molecule has 0 aliphatic carbocycles. The summed E-state index contributed by atoms with van der Waals surface area (Å²) in [5, 5.41) is 3.35. The molecule has 0 bridgehead atoms. The molecule has 0 unspecified atom stereocenters. The van der Waals surface area contributed by atoms with E-state index in [9.17, 15) is 4.79 Å². The third-order valence-corrected chi connectivity index (χ3v) is 3.86. The van der Waals surface area contributed by atoms with E-state index in [1.54, 1.807) is 0 Å². The first-order valence-corrected chi connectivity index (χ1v) is 8.20. The molecule has 0 spiro atoms. The van der Waals surface area contributed by atoms with Gasteiger partial charge in [0.1, 0.15) is 5.60 Å². The minimum atomic E-state index is -0.449. The van der Waals surface area contributed by atoms with Crippen molar-refractivity contribution in [3.05, 3.63) is 35.9 Å². The van der Waals surface area contributed by atoms with Crippen LogP contribution in [0.2, 0.25) is 0 Å². The molecule has 1 heterocycles. The number of amides is 1. The predicted octanol–water partition coefficient (Wildman–Crippen LogP) is 3.22. The van der Waals surface area contributed by atoms with Crippen molar-refractivity contribution in [2.24, 2.45) is 0 Å². The summed E-state index contributed by atoms with van der Waals surface area (Å²) in [5.41, 5.74) is 0.805. The summed E-state index contributed by atoms with van der Waals surface area (Å²) in [4.78, 5) is 14.5. The van der Waals surface area contributed by atoms with Gasteiger partial charge in [0.2, 0.25) is 0 Å². The molecule has 0 aromatic heterocycles. The summed E-state index contributed by atoms with van der Waals surface area (Å²) >= 11 is 0. The average molecular weight is 304 g/mol. The van der Waals surface area contributed by atoms with Crippen LogP contribution in [-0.4, -0.2) is 42.3 Å². The molecule has 0 radical (unpaired) electrons. The molecule has 1 N–H and O–H groups in total. The van der Waals surface area contributed by atoms with Gasteiger partial charge < -0.3 is 15.0 Å². The van der Waals surface area contributed by atoms with Gasteiger partial charge in [-0.25, -0.2) is 4.79 Å². The van der Waals surface area contributed by atoms with Crippen molar-refractivity contribution in [2.45, 2.75) is 51.7 Å². The molecule has 1 aliphatic rings. The van der Waals surface area contributed by atoms with Gasteiger partial charge in [0.15, 0.2) is 0 Å². The van der Waals surface area contributed by atoms with Gasteiger partial charge >= 0.3 is 6.09 Å². The maximum Gasteiger partial charge on any atom is 0.410 e. The Labute approximate surface area is 133 Å². The van der Waals surface area contributed by atoms with Gasteiger partial charge in [0.05, 0.1) is 0 Å². The van der Waals surface area contributed by atoms with Crippen molar-refractivity contribution >= 4 is 6.09 Å². The molecule has 1 aromatic carbocycles. The van der Waals surface area contributed by atoms with Crippen LogP contribution in [0.4, 0.5) is 4.79 Å². The van der Waals surface area contributed by atoms with Crippen molar-refractivity contribution < 1.29 is 9.53 Å². The zero-order chi connectivity index (χ0) is 16.0. The van der Waals surface area contributed by atoms with Crippen LogP contribution in [0.15, 0.2) is 30.3 Å². The highest BCUT2D eigenvalue weighted by Crippen LogP contribution is 2.18. The Morgan fingerprint density at radius 1 is 1.23 bits per heavy atom. The molecule has 4 heteroatoms. The number of piperidine rings is 1. The average Bonchev–Trinajstić information content (AvgIpc) is 2.48. The summed E-state index contributed by atoms with van der Waals surface area (Å²) in [7, 11) is 0. The standard InChI is InChI=1S/C18H28N2O2/c1-18(2,3)22-17(21)20(16-9-12-19-13-10-16)14-11-15-7-5-4-6-8-15/h4-8,16,19H,9-14H2,1-3H3. The monoisotopic (exact) mass is 304 g/mol. The zero-order valence-electron chi connectivity index (χ0n) is 14.0. The quantitative estimate of drug-likeness (QED) is 0.928. The lowest BCUT2D eigenvalue weighted by atomic mass is 10.0. The van der Waals surface area contributed by atoms with Crippen LogP contribution in [0.3, 0.4) is 0 Å². The largest absolute Gasteiger partial charge is 0.444 e. The van der Waals surface area contributed by atoms with E-state index >= 15 is 0 Å². The van der Waals surface area contributed by atoms with Crippen LogP contribution in [0.25, 0.3) is 0 Å². The molecular formula is C18H28N2O2. The summed E-state index contributed by atoms with van der Waals surface area (Å²) in [6.45, 7) is 8.41. The number of carbonyl (C=O) groups is 1. The number of benzene rings is 1. The first kappa shape index (κ1) is 16.8. The number of hydrogen-bond donors (Lipinski definition) is 1. The summed E-state index contributed by atoms with van der Waals surface area (Å²) in [6.07, 6.45) is 2.67. The third kappa shape index (κ3) is 5.34. The second-order valence-electron chi connectivity index (χ2n) is 6.89. The Balaban J connectivity index is 2.02. The van der Waals surface area contributed by atoms with Crippen molar-refractivity contribution in [1.29, 1.82) is 0 Å². The summed E-state index contributed by atoms with van der Waals surface area (Å²) in [5.74, 6) is 0. The first-order chi connectivity index (χ1) is 10.5. The molecule has 1 fully saturated rings. The van der Waals surface area contributed by atoms with Crippen molar-refractivity contribution in [3.63, 3.8) is 0 Å². The van der Waals surface area contributed by atoms with Crippen molar-refractivity contribution in [3.8, 4) is 0 Å². The summed E-state index contributed by atoms with van der Waals surface area (Å²) in [6, 6.07) is 10.6. The Morgan fingerprint density at radius 3 is 2.45 bits per heavy atom. The van der Waals surface area contributed by atoms with Gasteiger partial charge in [-0.1, -0.05) is 30.3 Å². The Morgan fingerprint density at radius 2 is 1.86 bits per heavy atom. The van der Waals surface area contributed by atoms with E-state index in [4.69, 9.17) is 4.74 Å². The minimum Gasteiger partial charge on any atom is -0.444 e. The molecule has 2 rings (SSSR count). The third-order valence-electron chi connectivity index (χ3n) is 3.86. The first-order valence-electron chi connectivity index (χ1n) is 8.20. The van der Waals surface area contributed by atoms with Crippen LogP contribution >= 0.6 is 0 Å². The van der Waals surface area contributed by atoms with Gasteiger partial charge in [-0.05, 0) is 58.7 Å². The topological polar surface area (TPSA) is 41.6 Å². The molecule has 0 atom stereocenters. The van der Waals surface area contributed by atoms with E-state index in [-0.39, 0.29) is 12.1 Å². The maximum absolute atomic E-state index is 12.6. The zero-order valence-corrected chi connectivity index (χ0v) is 14.0. The Kier molecular flexibility index (Phi) is 5.83. The van der Waals surface area contributed by atoms with Crippen LogP contribution < -0.4 is 5.32 Å². The van der Waals surface area contributed by atoms with E-state index in [0.717, 1.165) is 32.4 Å². The lowest BCUT2D eigenvalue weighted by Crippen LogP contribution is -2.48. The molecule has 4 nitrogen and oxygen atoms in total. The number of nitrogens with one attached hydrogen (secondary N) is 1. The smallest absolute Gasteiger partial charge is 0.410 e. The number of ether oxygens (including phenoxy) is 1. The van der Waals surface area contributed by atoms with E-state index in [1.165, 1.54) is 5.56 Å². The SMILES string of the molecule is CC(C)(C)OC(=O)N(CCc1ccccc1)C1CCNCC1. The number of rotatable bonds is 4. The highest BCUT2D eigenvalue weighted by Gasteiger charge is 2.29. The molecular weight excluding hydrogens is 276 g/mol. The van der Waals surface area contributed by atoms with E-state index in [2.05, 4.69) is 17.4 Å². The van der Waals surface area contributed by atoms with Gasteiger partial charge in [0.25, 0.3) is 0 Å². The normalized spacial score (nSPS) is 16.3. The highest BCUT2D eigenvalue weighted by molar-refractivity contribution is 5.68. The van der Waals surface area contributed by atoms with E-state index in [1.807, 2.05) is 43.9 Å². The van der Waals surface area contributed by atoms with Crippen molar-refractivity contribution in [1.82, 2.24) is 10.2 Å². The molecule has 122 valence electrons. The highest BCUT2D eigenvalue weighted by atomic mass is 16.6. The van der Waals surface area contributed by atoms with Gasteiger partial charge in [-0.15, -0.1) is 0 Å². The number of nitrogens with zero attached hydrogens (tertiary/aromatic N) is 1. The fourth-order valence-electron chi connectivity index (χ4n) is 2.76. The number of hydrogen-bond acceptors (Lipinski definition) is 3. The predicted molar refractivity (Wildman–Crippen MR) is 89.0 cm³/mol. The fraction of sp³-hybridized carbons (Fsp3) is 0.611. The van der Waals surface area contributed by atoms with E-state index < -0.39 is 5.60 Å². The van der Waals surface area contributed by atoms with Crippen LogP contribution in [-0.2, 0) is 11.2 Å². The summed E-state index contributed by atoms with van der Waals surface area (Å²) < 4.78 is 5.61. The molecule has 1 aromatic rings. The molecule has 1 amide bonds. The maximum atomic E-state index is 12.6. The Bertz CT molecular complexity index is 462. The van der Waals surface area contributed by atoms with Gasteiger partial charge in [0, 0.05) is 12.6 Å².